The summed E-state index contributed by atoms with van der Waals surface area (Å²) in [6.45, 7) is 7.64. The van der Waals surface area contributed by atoms with Crippen LogP contribution in [0, 0.1) is 0 Å². The fourth-order valence-corrected chi connectivity index (χ4v) is 3.11. The maximum atomic E-state index is 6.29. The van der Waals surface area contributed by atoms with Crippen LogP contribution in [0.15, 0.2) is 18.9 Å². The molecule has 120 valence electrons. The standard InChI is InChI=1S/C13H16Cl3N3.2ClH/c1-2-3-10(19-6-4-17-5-7-19)11-9(14)8-18-13(16)12(11)15;;/h2,8,10,17H,1,3-7H2;2*1H/t10-;;/m0../s1. The summed E-state index contributed by atoms with van der Waals surface area (Å²) in [4.78, 5) is 6.32. The molecule has 3 nitrogen and oxygen atoms in total. The predicted molar refractivity (Wildman–Crippen MR) is 95.8 cm³/mol. The van der Waals surface area contributed by atoms with Crippen LogP contribution in [0.25, 0.3) is 0 Å². The highest BCUT2D eigenvalue weighted by Gasteiger charge is 2.26. The van der Waals surface area contributed by atoms with Gasteiger partial charge in [0.2, 0.25) is 0 Å². The molecule has 1 aliphatic heterocycles. The third kappa shape index (κ3) is 5.14. The summed E-state index contributed by atoms with van der Waals surface area (Å²) in [5, 5.41) is 4.63. The molecule has 1 N–H and O–H groups in total. The molecule has 1 aliphatic rings. The van der Waals surface area contributed by atoms with Crippen LogP contribution in [0.3, 0.4) is 0 Å². The smallest absolute Gasteiger partial charge is 0.148 e. The number of pyridine rings is 1. The van der Waals surface area contributed by atoms with E-state index in [0.717, 1.165) is 38.2 Å². The molecule has 1 aromatic heterocycles. The Labute approximate surface area is 152 Å². The first kappa shape index (κ1) is 21.3. The SMILES string of the molecule is C=CC[C@@H](c1c(Cl)cnc(Cl)c1Cl)N1CCNCC1.Cl.Cl. The van der Waals surface area contributed by atoms with Crippen molar-refractivity contribution >= 4 is 59.6 Å². The Morgan fingerprint density at radius 1 is 1.29 bits per heavy atom. The average Bonchev–Trinajstić information content (AvgIpc) is 2.43. The number of hydrogen-bond donors (Lipinski definition) is 1. The topological polar surface area (TPSA) is 28.2 Å². The van der Waals surface area contributed by atoms with Gasteiger partial charge in [-0.1, -0.05) is 40.9 Å². The Balaban J connectivity index is 0.00000200. The molecule has 0 saturated carbocycles. The van der Waals surface area contributed by atoms with E-state index in [2.05, 4.69) is 21.8 Å². The summed E-state index contributed by atoms with van der Waals surface area (Å²) in [6, 6.07) is 0.0973. The number of nitrogens with one attached hydrogen (secondary N) is 1. The van der Waals surface area contributed by atoms with Crippen molar-refractivity contribution in [2.24, 2.45) is 0 Å². The number of aromatic nitrogens is 1. The molecule has 0 amide bonds. The van der Waals surface area contributed by atoms with E-state index < -0.39 is 0 Å². The number of rotatable bonds is 4. The zero-order valence-corrected chi connectivity index (χ0v) is 15.2. The average molecular weight is 394 g/mol. The zero-order valence-electron chi connectivity index (χ0n) is 11.3. The molecule has 2 rings (SSSR count). The van der Waals surface area contributed by atoms with Crippen LogP contribution < -0.4 is 5.32 Å². The van der Waals surface area contributed by atoms with E-state index in [0.29, 0.717) is 15.2 Å². The highest BCUT2D eigenvalue weighted by atomic mass is 35.5. The minimum Gasteiger partial charge on any atom is -0.314 e. The Kier molecular flexibility index (Phi) is 10.2. The van der Waals surface area contributed by atoms with E-state index >= 15 is 0 Å². The summed E-state index contributed by atoms with van der Waals surface area (Å²) in [7, 11) is 0. The van der Waals surface area contributed by atoms with Crippen molar-refractivity contribution in [1.29, 1.82) is 0 Å². The van der Waals surface area contributed by atoms with Crippen molar-refractivity contribution in [3.05, 3.63) is 39.6 Å². The molecule has 21 heavy (non-hydrogen) atoms. The molecule has 0 bridgehead atoms. The van der Waals surface area contributed by atoms with E-state index in [1.807, 2.05) is 6.08 Å². The predicted octanol–water partition coefficient (Wildman–Crippen LogP) is 4.41. The molecule has 1 saturated heterocycles. The maximum absolute atomic E-state index is 6.29. The highest BCUT2D eigenvalue weighted by Crippen LogP contribution is 2.38. The van der Waals surface area contributed by atoms with Crippen molar-refractivity contribution < 1.29 is 0 Å². The van der Waals surface area contributed by atoms with Gasteiger partial charge in [0, 0.05) is 44.0 Å². The number of halogens is 5. The summed E-state index contributed by atoms with van der Waals surface area (Å²) < 4.78 is 0. The fraction of sp³-hybridized carbons (Fsp3) is 0.462. The minimum atomic E-state index is 0. The van der Waals surface area contributed by atoms with Gasteiger partial charge in [0.05, 0.1) is 10.0 Å². The Bertz CT molecular complexity index is 463. The van der Waals surface area contributed by atoms with Crippen molar-refractivity contribution in [3.63, 3.8) is 0 Å². The van der Waals surface area contributed by atoms with Crippen LogP contribution in [0.4, 0.5) is 0 Å². The lowest BCUT2D eigenvalue weighted by Crippen LogP contribution is -2.45. The van der Waals surface area contributed by atoms with Crippen molar-refractivity contribution in [1.82, 2.24) is 15.2 Å². The van der Waals surface area contributed by atoms with Crippen LogP contribution in [-0.2, 0) is 0 Å². The highest BCUT2D eigenvalue weighted by molar-refractivity contribution is 6.43. The summed E-state index contributed by atoms with van der Waals surface area (Å²) in [6.07, 6.45) is 4.22. The summed E-state index contributed by atoms with van der Waals surface area (Å²) >= 11 is 18.6. The molecule has 0 radical (unpaired) electrons. The van der Waals surface area contributed by atoms with E-state index in [1.165, 1.54) is 0 Å². The zero-order chi connectivity index (χ0) is 13.8. The van der Waals surface area contributed by atoms with Crippen LogP contribution >= 0.6 is 59.6 Å². The lowest BCUT2D eigenvalue weighted by molar-refractivity contribution is 0.174. The minimum absolute atomic E-state index is 0. The first-order valence-corrected chi connectivity index (χ1v) is 7.33. The van der Waals surface area contributed by atoms with Crippen molar-refractivity contribution in [2.75, 3.05) is 26.2 Å². The normalized spacial score (nSPS) is 16.5. The molecule has 0 aliphatic carbocycles. The largest absolute Gasteiger partial charge is 0.314 e. The van der Waals surface area contributed by atoms with Gasteiger partial charge < -0.3 is 5.32 Å². The Hall–Kier alpha value is 0.260. The van der Waals surface area contributed by atoms with Crippen molar-refractivity contribution in [2.45, 2.75) is 12.5 Å². The molecule has 1 fully saturated rings. The molecule has 1 atom stereocenters. The van der Waals surface area contributed by atoms with Crippen LogP contribution in [0.1, 0.15) is 18.0 Å². The Morgan fingerprint density at radius 3 is 2.48 bits per heavy atom. The first-order chi connectivity index (χ1) is 9.15. The van der Waals surface area contributed by atoms with Gasteiger partial charge in [-0.15, -0.1) is 31.4 Å². The Morgan fingerprint density at radius 2 is 1.90 bits per heavy atom. The molecule has 0 spiro atoms. The van der Waals surface area contributed by atoms with Crippen LogP contribution in [0.2, 0.25) is 15.2 Å². The van der Waals surface area contributed by atoms with E-state index in [-0.39, 0.29) is 30.9 Å². The van der Waals surface area contributed by atoms with Gasteiger partial charge >= 0.3 is 0 Å². The quantitative estimate of drug-likeness (QED) is 0.607. The van der Waals surface area contributed by atoms with Gasteiger partial charge in [0.15, 0.2) is 0 Å². The molecule has 2 heterocycles. The molecular formula is C13H18Cl5N3. The maximum Gasteiger partial charge on any atom is 0.148 e. The van der Waals surface area contributed by atoms with E-state index in [9.17, 15) is 0 Å². The third-order valence-electron chi connectivity index (χ3n) is 3.28. The van der Waals surface area contributed by atoms with Crippen molar-refractivity contribution in [3.8, 4) is 0 Å². The molecular weight excluding hydrogens is 375 g/mol. The third-order valence-corrected chi connectivity index (χ3v) is 4.35. The van der Waals surface area contributed by atoms with Crippen LogP contribution in [0.5, 0.6) is 0 Å². The lowest BCUT2D eigenvalue weighted by Gasteiger charge is -2.35. The first-order valence-electron chi connectivity index (χ1n) is 6.20. The molecule has 8 heteroatoms. The monoisotopic (exact) mass is 391 g/mol. The summed E-state index contributed by atoms with van der Waals surface area (Å²) in [5.74, 6) is 0. The van der Waals surface area contributed by atoms with Gasteiger partial charge in [-0.05, 0) is 6.42 Å². The molecule has 0 aromatic carbocycles. The number of piperazine rings is 1. The second-order valence-corrected chi connectivity index (χ2v) is 5.59. The van der Waals surface area contributed by atoms with Gasteiger partial charge in [-0.2, -0.15) is 0 Å². The van der Waals surface area contributed by atoms with Gasteiger partial charge in [0.1, 0.15) is 5.15 Å². The van der Waals surface area contributed by atoms with Gasteiger partial charge in [-0.25, -0.2) is 4.98 Å². The number of hydrogen-bond acceptors (Lipinski definition) is 3. The second-order valence-electron chi connectivity index (χ2n) is 4.45. The molecule has 1 aromatic rings. The van der Waals surface area contributed by atoms with Gasteiger partial charge in [0.25, 0.3) is 0 Å². The van der Waals surface area contributed by atoms with E-state index in [1.54, 1.807) is 6.20 Å². The molecule has 0 unspecified atom stereocenters. The number of nitrogens with zero attached hydrogens (tertiary/aromatic N) is 2. The second kappa shape index (κ2) is 10.1. The van der Waals surface area contributed by atoms with Gasteiger partial charge in [-0.3, -0.25) is 4.90 Å². The lowest BCUT2D eigenvalue weighted by atomic mass is 10.0. The fourth-order valence-electron chi connectivity index (χ4n) is 2.36. The van der Waals surface area contributed by atoms with E-state index in [4.69, 9.17) is 34.8 Å². The van der Waals surface area contributed by atoms with Crippen LogP contribution in [-0.4, -0.2) is 36.1 Å². The summed E-state index contributed by atoms with van der Waals surface area (Å²) in [5.41, 5.74) is 0.852.